The summed E-state index contributed by atoms with van der Waals surface area (Å²) in [4.78, 5) is 4.76. The number of rotatable bonds is 8. The van der Waals surface area contributed by atoms with E-state index in [4.69, 9.17) is 14.1 Å². The van der Waals surface area contributed by atoms with E-state index in [-0.39, 0.29) is 0 Å². The standard InChI is InChI=1S/C25H26N2O2/c1-3-19(2)20-10-12-22(13-11-20)29-18-16-27-24-9-5-4-8-23(24)26-25(27)15-14-21-7-6-17-28-21/h4-15,17,19H,3,16,18H2,1-2H3/b15-14+. The highest BCUT2D eigenvalue weighted by molar-refractivity contribution is 5.79. The molecule has 148 valence electrons. The monoisotopic (exact) mass is 386 g/mol. The van der Waals surface area contributed by atoms with Gasteiger partial charge in [-0.15, -0.1) is 0 Å². The number of hydrogen-bond donors (Lipinski definition) is 0. The van der Waals surface area contributed by atoms with Crippen LogP contribution in [0.1, 0.15) is 43.3 Å². The minimum absolute atomic E-state index is 0.574. The number of hydrogen-bond acceptors (Lipinski definition) is 3. The fourth-order valence-corrected chi connectivity index (χ4v) is 3.38. The number of ether oxygens (including phenoxy) is 1. The number of benzene rings is 2. The maximum Gasteiger partial charge on any atom is 0.134 e. The molecule has 0 spiro atoms. The van der Waals surface area contributed by atoms with E-state index in [2.05, 4.69) is 48.7 Å². The van der Waals surface area contributed by atoms with E-state index in [0.29, 0.717) is 19.1 Å². The zero-order chi connectivity index (χ0) is 20.1. The second-order valence-corrected chi connectivity index (χ2v) is 7.19. The Morgan fingerprint density at radius 2 is 1.86 bits per heavy atom. The quantitative estimate of drug-likeness (QED) is 0.352. The largest absolute Gasteiger partial charge is 0.492 e. The Morgan fingerprint density at radius 3 is 2.62 bits per heavy atom. The van der Waals surface area contributed by atoms with E-state index in [1.807, 2.05) is 42.5 Å². The number of fused-ring (bicyclic) bond motifs is 1. The van der Waals surface area contributed by atoms with Crippen LogP contribution in [0, 0.1) is 0 Å². The van der Waals surface area contributed by atoms with Crippen LogP contribution in [0.5, 0.6) is 5.75 Å². The zero-order valence-corrected chi connectivity index (χ0v) is 16.9. The lowest BCUT2D eigenvalue weighted by Gasteiger charge is -2.12. The maximum absolute atomic E-state index is 6.01. The van der Waals surface area contributed by atoms with Crippen molar-refractivity contribution in [3.8, 4) is 5.75 Å². The number of nitrogens with zero attached hydrogens (tertiary/aromatic N) is 2. The number of imidazole rings is 1. The van der Waals surface area contributed by atoms with Gasteiger partial charge in [-0.1, -0.05) is 38.1 Å². The molecule has 2 aromatic carbocycles. The van der Waals surface area contributed by atoms with E-state index in [0.717, 1.165) is 34.8 Å². The molecule has 4 heteroatoms. The van der Waals surface area contributed by atoms with E-state index in [1.165, 1.54) is 5.56 Å². The Balaban J connectivity index is 1.49. The average Bonchev–Trinajstić information content (AvgIpc) is 3.40. The van der Waals surface area contributed by atoms with Gasteiger partial charge in [-0.05, 0) is 66.5 Å². The van der Waals surface area contributed by atoms with Gasteiger partial charge < -0.3 is 13.7 Å². The molecule has 0 N–H and O–H groups in total. The molecule has 4 rings (SSSR count). The molecule has 0 aliphatic rings. The fraction of sp³-hybridized carbons (Fsp3) is 0.240. The highest BCUT2D eigenvalue weighted by atomic mass is 16.5. The molecule has 4 aromatic rings. The lowest BCUT2D eigenvalue weighted by Crippen LogP contribution is -2.09. The van der Waals surface area contributed by atoms with Gasteiger partial charge in [0.15, 0.2) is 0 Å². The number of para-hydroxylation sites is 2. The molecule has 0 saturated heterocycles. The van der Waals surface area contributed by atoms with Crippen LogP contribution in [0.2, 0.25) is 0 Å². The van der Waals surface area contributed by atoms with Crippen LogP contribution in [0.4, 0.5) is 0 Å². The van der Waals surface area contributed by atoms with Crippen molar-refractivity contribution in [1.29, 1.82) is 0 Å². The smallest absolute Gasteiger partial charge is 0.134 e. The van der Waals surface area contributed by atoms with Crippen molar-refractivity contribution in [2.45, 2.75) is 32.7 Å². The molecular weight excluding hydrogens is 360 g/mol. The van der Waals surface area contributed by atoms with Crippen LogP contribution in [-0.4, -0.2) is 16.2 Å². The lowest BCUT2D eigenvalue weighted by molar-refractivity contribution is 0.299. The third-order valence-corrected chi connectivity index (χ3v) is 5.27. The lowest BCUT2D eigenvalue weighted by atomic mass is 9.99. The molecule has 29 heavy (non-hydrogen) atoms. The van der Waals surface area contributed by atoms with Crippen LogP contribution in [0.25, 0.3) is 23.2 Å². The Kier molecular flexibility index (Phi) is 5.80. The second-order valence-electron chi connectivity index (χ2n) is 7.19. The van der Waals surface area contributed by atoms with Gasteiger partial charge in [0.1, 0.15) is 23.9 Å². The molecule has 0 bridgehead atoms. The summed E-state index contributed by atoms with van der Waals surface area (Å²) < 4.78 is 13.6. The summed E-state index contributed by atoms with van der Waals surface area (Å²) in [6, 6.07) is 20.4. The van der Waals surface area contributed by atoms with Crippen molar-refractivity contribution in [2.75, 3.05) is 6.61 Å². The molecule has 0 amide bonds. The van der Waals surface area contributed by atoms with E-state index in [9.17, 15) is 0 Å². The van der Waals surface area contributed by atoms with E-state index >= 15 is 0 Å². The van der Waals surface area contributed by atoms with Crippen molar-refractivity contribution in [1.82, 2.24) is 9.55 Å². The summed E-state index contributed by atoms with van der Waals surface area (Å²) in [6.07, 6.45) is 6.73. The molecule has 0 aliphatic carbocycles. The Bertz CT molecular complexity index is 1080. The first kappa shape index (κ1) is 19.1. The molecule has 4 nitrogen and oxygen atoms in total. The van der Waals surface area contributed by atoms with Crippen LogP contribution in [0.3, 0.4) is 0 Å². The third-order valence-electron chi connectivity index (χ3n) is 5.27. The average molecular weight is 386 g/mol. The van der Waals surface area contributed by atoms with Gasteiger partial charge in [0.25, 0.3) is 0 Å². The highest BCUT2D eigenvalue weighted by Crippen LogP contribution is 2.22. The maximum atomic E-state index is 6.01. The minimum Gasteiger partial charge on any atom is -0.492 e. The third kappa shape index (κ3) is 4.43. The van der Waals surface area contributed by atoms with Gasteiger partial charge in [-0.25, -0.2) is 4.98 Å². The predicted molar refractivity (Wildman–Crippen MR) is 118 cm³/mol. The molecule has 0 fully saturated rings. The highest BCUT2D eigenvalue weighted by Gasteiger charge is 2.09. The molecule has 0 aliphatic heterocycles. The first-order valence-corrected chi connectivity index (χ1v) is 10.1. The number of aromatic nitrogens is 2. The summed E-state index contributed by atoms with van der Waals surface area (Å²) in [7, 11) is 0. The molecule has 1 atom stereocenters. The Hall–Kier alpha value is -3.27. The van der Waals surface area contributed by atoms with Gasteiger partial charge >= 0.3 is 0 Å². The summed E-state index contributed by atoms with van der Waals surface area (Å²) in [5.41, 5.74) is 3.43. The molecular formula is C25H26N2O2. The number of furan rings is 1. The fourth-order valence-electron chi connectivity index (χ4n) is 3.38. The van der Waals surface area contributed by atoms with E-state index in [1.54, 1.807) is 6.26 Å². The normalized spacial score (nSPS) is 12.6. The summed E-state index contributed by atoms with van der Waals surface area (Å²) in [6.45, 7) is 5.75. The van der Waals surface area contributed by atoms with Gasteiger partial charge in [0.05, 0.1) is 23.8 Å². The Labute approximate surface area is 171 Å². The Morgan fingerprint density at radius 1 is 1.03 bits per heavy atom. The summed E-state index contributed by atoms with van der Waals surface area (Å²) in [5, 5.41) is 0. The van der Waals surface area contributed by atoms with Gasteiger partial charge in [0, 0.05) is 0 Å². The first-order valence-electron chi connectivity index (χ1n) is 10.1. The summed E-state index contributed by atoms with van der Waals surface area (Å²) >= 11 is 0. The van der Waals surface area contributed by atoms with Crippen LogP contribution in [-0.2, 0) is 6.54 Å². The minimum atomic E-state index is 0.574. The van der Waals surface area contributed by atoms with Crippen molar-refractivity contribution >= 4 is 23.2 Å². The SMILES string of the molecule is CCC(C)c1ccc(OCCn2c(/C=C/c3ccco3)nc3ccccc32)cc1. The zero-order valence-electron chi connectivity index (χ0n) is 16.9. The van der Waals surface area contributed by atoms with Crippen LogP contribution in [0.15, 0.2) is 71.3 Å². The van der Waals surface area contributed by atoms with Crippen molar-refractivity contribution in [3.05, 3.63) is 84.1 Å². The van der Waals surface area contributed by atoms with E-state index < -0.39 is 0 Å². The summed E-state index contributed by atoms with van der Waals surface area (Å²) in [5.74, 6) is 3.17. The first-order chi connectivity index (χ1) is 14.2. The van der Waals surface area contributed by atoms with Crippen LogP contribution >= 0.6 is 0 Å². The van der Waals surface area contributed by atoms with Gasteiger partial charge in [-0.3, -0.25) is 0 Å². The molecule has 2 aromatic heterocycles. The molecule has 2 heterocycles. The second kappa shape index (κ2) is 8.82. The van der Waals surface area contributed by atoms with Crippen molar-refractivity contribution in [3.63, 3.8) is 0 Å². The molecule has 0 saturated carbocycles. The van der Waals surface area contributed by atoms with Gasteiger partial charge in [-0.2, -0.15) is 0 Å². The predicted octanol–water partition coefficient (Wildman–Crippen LogP) is 6.39. The van der Waals surface area contributed by atoms with Gasteiger partial charge in [0.2, 0.25) is 0 Å². The molecule has 0 radical (unpaired) electrons. The van der Waals surface area contributed by atoms with Crippen molar-refractivity contribution < 1.29 is 9.15 Å². The molecule has 1 unspecified atom stereocenters. The van der Waals surface area contributed by atoms with Crippen LogP contribution < -0.4 is 4.74 Å². The van der Waals surface area contributed by atoms with Crippen molar-refractivity contribution in [2.24, 2.45) is 0 Å². The topological polar surface area (TPSA) is 40.2 Å².